The standard InChI is InChI=1S/C21H21N5OS/c1-28-13-17(22)19-6-3-5-18(25-19)14-8-9-15-11-23-26(20(15)10-14)21-7-2-4-16(12-27)24-21/h2-11,17,27H,12-13,22H2,1H3. The first-order chi connectivity index (χ1) is 13.7. The van der Waals surface area contributed by atoms with Gasteiger partial charge in [-0.05, 0) is 36.6 Å². The zero-order valence-corrected chi connectivity index (χ0v) is 16.3. The van der Waals surface area contributed by atoms with Crippen LogP contribution in [0.3, 0.4) is 0 Å². The van der Waals surface area contributed by atoms with Crippen molar-refractivity contribution in [2.24, 2.45) is 5.73 Å². The lowest BCUT2D eigenvalue weighted by atomic mass is 10.1. The van der Waals surface area contributed by atoms with Gasteiger partial charge in [-0.15, -0.1) is 0 Å². The van der Waals surface area contributed by atoms with Gasteiger partial charge in [0, 0.05) is 16.7 Å². The van der Waals surface area contributed by atoms with Crippen LogP contribution in [0, 0.1) is 0 Å². The third-order valence-electron chi connectivity index (χ3n) is 4.53. The molecule has 3 heterocycles. The predicted octanol–water partition coefficient (Wildman–Crippen LogP) is 3.34. The highest BCUT2D eigenvalue weighted by atomic mass is 32.2. The number of fused-ring (bicyclic) bond motifs is 1. The number of rotatable bonds is 6. The van der Waals surface area contributed by atoms with E-state index in [-0.39, 0.29) is 12.6 Å². The molecule has 4 rings (SSSR count). The molecule has 0 aliphatic carbocycles. The van der Waals surface area contributed by atoms with E-state index in [1.165, 1.54) is 0 Å². The minimum Gasteiger partial charge on any atom is -0.390 e. The van der Waals surface area contributed by atoms with E-state index in [0.29, 0.717) is 11.5 Å². The molecule has 0 saturated carbocycles. The molecule has 3 aromatic heterocycles. The summed E-state index contributed by atoms with van der Waals surface area (Å²) in [6.07, 6.45) is 3.85. The molecular formula is C21H21N5OS. The first-order valence-corrected chi connectivity index (χ1v) is 10.4. The first kappa shape index (κ1) is 18.6. The molecule has 0 fully saturated rings. The molecule has 4 aromatic rings. The van der Waals surface area contributed by atoms with Crippen molar-refractivity contribution in [3.8, 4) is 17.1 Å². The fourth-order valence-corrected chi connectivity index (χ4v) is 3.65. The van der Waals surface area contributed by atoms with E-state index in [9.17, 15) is 5.11 Å². The molecule has 0 amide bonds. The van der Waals surface area contributed by atoms with E-state index >= 15 is 0 Å². The van der Waals surface area contributed by atoms with Crippen LogP contribution < -0.4 is 5.73 Å². The Kier molecular flexibility index (Phi) is 5.38. The molecule has 0 radical (unpaired) electrons. The molecule has 1 aromatic carbocycles. The zero-order chi connectivity index (χ0) is 19.5. The molecule has 7 heteroatoms. The number of benzene rings is 1. The van der Waals surface area contributed by atoms with Crippen LogP contribution in [0.1, 0.15) is 17.4 Å². The Morgan fingerprint density at radius 2 is 1.96 bits per heavy atom. The average Bonchev–Trinajstić information content (AvgIpc) is 3.17. The van der Waals surface area contributed by atoms with Crippen LogP contribution in [-0.2, 0) is 6.61 Å². The van der Waals surface area contributed by atoms with Gasteiger partial charge in [0.2, 0.25) is 0 Å². The molecule has 1 unspecified atom stereocenters. The molecule has 6 nitrogen and oxygen atoms in total. The van der Waals surface area contributed by atoms with Crippen LogP contribution in [0.4, 0.5) is 0 Å². The molecular weight excluding hydrogens is 370 g/mol. The number of pyridine rings is 2. The molecule has 3 N–H and O–H groups in total. The molecule has 0 saturated heterocycles. The average molecular weight is 392 g/mol. The molecule has 0 spiro atoms. The van der Waals surface area contributed by atoms with Crippen molar-refractivity contribution >= 4 is 22.7 Å². The van der Waals surface area contributed by atoms with E-state index in [2.05, 4.69) is 16.1 Å². The topological polar surface area (TPSA) is 89.8 Å². The maximum absolute atomic E-state index is 9.36. The summed E-state index contributed by atoms with van der Waals surface area (Å²) >= 11 is 1.71. The van der Waals surface area contributed by atoms with Crippen molar-refractivity contribution in [1.82, 2.24) is 19.7 Å². The normalized spacial score (nSPS) is 12.4. The third-order valence-corrected chi connectivity index (χ3v) is 5.23. The SMILES string of the molecule is CSCC(N)c1cccc(-c2ccc3cnn(-c4cccc(CO)n4)c3c2)n1. The number of hydrogen-bond donors (Lipinski definition) is 2. The number of aliphatic hydroxyl groups excluding tert-OH is 1. The van der Waals surface area contributed by atoms with Crippen LogP contribution in [0.5, 0.6) is 0 Å². The van der Waals surface area contributed by atoms with Crippen molar-refractivity contribution in [3.05, 3.63) is 72.2 Å². The first-order valence-electron chi connectivity index (χ1n) is 8.96. The fourth-order valence-electron chi connectivity index (χ4n) is 3.12. The number of aliphatic hydroxyl groups is 1. The Morgan fingerprint density at radius 3 is 2.79 bits per heavy atom. The fraction of sp³-hybridized carbons (Fsp3) is 0.190. The van der Waals surface area contributed by atoms with Gasteiger partial charge < -0.3 is 10.8 Å². The number of aromatic nitrogens is 4. The highest BCUT2D eigenvalue weighted by Crippen LogP contribution is 2.26. The monoisotopic (exact) mass is 391 g/mol. The van der Waals surface area contributed by atoms with E-state index in [1.54, 1.807) is 22.5 Å². The molecule has 1 atom stereocenters. The van der Waals surface area contributed by atoms with Gasteiger partial charge in [-0.25, -0.2) is 9.67 Å². The minimum atomic E-state index is -0.106. The molecule has 0 bridgehead atoms. The maximum atomic E-state index is 9.36. The third kappa shape index (κ3) is 3.64. The predicted molar refractivity (Wildman–Crippen MR) is 113 cm³/mol. The van der Waals surface area contributed by atoms with Crippen LogP contribution >= 0.6 is 11.8 Å². The Hall–Kier alpha value is -2.74. The van der Waals surface area contributed by atoms with Crippen molar-refractivity contribution in [1.29, 1.82) is 0 Å². The van der Waals surface area contributed by atoms with E-state index in [0.717, 1.165) is 33.6 Å². The van der Waals surface area contributed by atoms with E-state index in [4.69, 9.17) is 10.7 Å². The summed E-state index contributed by atoms with van der Waals surface area (Å²) in [6, 6.07) is 17.5. The Morgan fingerprint density at radius 1 is 1.11 bits per heavy atom. The summed E-state index contributed by atoms with van der Waals surface area (Å²) in [7, 11) is 0. The van der Waals surface area contributed by atoms with Gasteiger partial charge in [0.15, 0.2) is 5.82 Å². The van der Waals surface area contributed by atoms with Crippen LogP contribution in [0.2, 0.25) is 0 Å². The van der Waals surface area contributed by atoms with Crippen LogP contribution in [-0.4, -0.2) is 36.9 Å². The Balaban J connectivity index is 1.77. The van der Waals surface area contributed by atoms with Gasteiger partial charge in [-0.2, -0.15) is 16.9 Å². The second kappa shape index (κ2) is 8.10. The number of nitrogens with two attached hydrogens (primary N) is 1. The second-order valence-electron chi connectivity index (χ2n) is 6.48. The highest BCUT2D eigenvalue weighted by Gasteiger charge is 2.11. The Bertz CT molecular complexity index is 1110. The lowest BCUT2D eigenvalue weighted by Gasteiger charge is -2.11. The molecule has 142 valence electrons. The number of thioether (sulfide) groups is 1. The van der Waals surface area contributed by atoms with Gasteiger partial charge in [-0.3, -0.25) is 4.98 Å². The summed E-state index contributed by atoms with van der Waals surface area (Å²) in [5.74, 6) is 1.50. The molecule has 0 aliphatic heterocycles. The maximum Gasteiger partial charge on any atom is 0.154 e. The van der Waals surface area contributed by atoms with Crippen molar-refractivity contribution < 1.29 is 5.11 Å². The highest BCUT2D eigenvalue weighted by molar-refractivity contribution is 7.98. The van der Waals surface area contributed by atoms with E-state index in [1.807, 2.05) is 54.9 Å². The van der Waals surface area contributed by atoms with Crippen molar-refractivity contribution in [2.45, 2.75) is 12.6 Å². The summed E-state index contributed by atoms with van der Waals surface area (Å²) < 4.78 is 1.78. The lowest BCUT2D eigenvalue weighted by molar-refractivity contribution is 0.276. The largest absolute Gasteiger partial charge is 0.390 e. The quantitative estimate of drug-likeness (QED) is 0.524. The molecule has 0 aliphatic rings. The van der Waals surface area contributed by atoms with Gasteiger partial charge in [-0.1, -0.05) is 24.3 Å². The summed E-state index contributed by atoms with van der Waals surface area (Å²) in [4.78, 5) is 9.23. The summed E-state index contributed by atoms with van der Waals surface area (Å²) in [6.45, 7) is -0.106. The zero-order valence-electron chi connectivity index (χ0n) is 15.5. The lowest BCUT2D eigenvalue weighted by Crippen LogP contribution is -2.14. The van der Waals surface area contributed by atoms with Crippen LogP contribution in [0.25, 0.3) is 28.0 Å². The van der Waals surface area contributed by atoms with E-state index < -0.39 is 0 Å². The summed E-state index contributed by atoms with van der Waals surface area (Å²) in [5, 5.41) is 14.8. The van der Waals surface area contributed by atoms with Crippen molar-refractivity contribution in [2.75, 3.05) is 12.0 Å². The second-order valence-corrected chi connectivity index (χ2v) is 7.40. The Labute approximate surface area is 167 Å². The van der Waals surface area contributed by atoms with Gasteiger partial charge in [0.05, 0.1) is 41.4 Å². The smallest absolute Gasteiger partial charge is 0.154 e. The summed E-state index contributed by atoms with van der Waals surface area (Å²) in [5.41, 5.74) is 10.5. The number of hydrogen-bond acceptors (Lipinski definition) is 6. The molecule has 28 heavy (non-hydrogen) atoms. The van der Waals surface area contributed by atoms with Gasteiger partial charge >= 0.3 is 0 Å². The van der Waals surface area contributed by atoms with Gasteiger partial charge in [0.25, 0.3) is 0 Å². The minimum absolute atomic E-state index is 0.0883. The van der Waals surface area contributed by atoms with Crippen molar-refractivity contribution in [3.63, 3.8) is 0 Å². The van der Waals surface area contributed by atoms with Crippen LogP contribution in [0.15, 0.2) is 60.8 Å². The van der Waals surface area contributed by atoms with Gasteiger partial charge in [0.1, 0.15) is 0 Å². The number of nitrogens with zero attached hydrogens (tertiary/aromatic N) is 4.